The molecule has 2 atom stereocenters. The van der Waals surface area contributed by atoms with E-state index in [9.17, 15) is 5.11 Å². The molecular weight excluding hydrogens is 268 g/mol. The third-order valence-corrected chi connectivity index (χ3v) is 3.77. The summed E-state index contributed by atoms with van der Waals surface area (Å²) in [6.45, 7) is 2.22. The van der Waals surface area contributed by atoms with Crippen LogP contribution in [0.5, 0.6) is 0 Å². The lowest BCUT2D eigenvalue weighted by Gasteiger charge is -2.11. The van der Waals surface area contributed by atoms with Gasteiger partial charge in [0.05, 0.1) is 5.38 Å². The highest BCUT2D eigenvalue weighted by molar-refractivity contribution is 6.21. The van der Waals surface area contributed by atoms with Gasteiger partial charge in [-0.05, 0) is 18.6 Å². The zero-order valence-corrected chi connectivity index (χ0v) is 13.1. The molecule has 0 saturated heterocycles. The van der Waals surface area contributed by atoms with Crippen molar-refractivity contribution in [3.8, 4) is 11.8 Å². The van der Waals surface area contributed by atoms with Crippen LogP contribution >= 0.6 is 11.6 Å². The second-order valence-electron chi connectivity index (χ2n) is 5.15. The summed E-state index contributed by atoms with van der Waals surface area (Å²) in [7, 11) is 0. The SMILES string of the molecule is CCCCCCCCC(Cl)C(O)C#Cc1ccccc1. The first-order valence-electron chi connectivity index (χ1n) is 7.62. The van der Waals surface area contributed by atoms with Crippen molar-refractivity contribution < 1.29 is 5.11 Å². The van der Waals surface area contributed by atoms with E-state index < -0.39 is 6.10 Å². The molecule has 1 aromatic carbocycles. The van der Waals surface area contributed by atoms with Crippen molar-refractivity contribution in [2.45, 2.75) is 63.4 Å². The molecule has 0 spiro atoms. The van der Waals surface area contributed by atoms with Gasteiger partial charge in [-0.25, -0.2) is 0 Å². The van der Waals surface area contributed by atoms with Gasteiger partial charge in [-0.1, -0.05) is 75.5 Å². The van der Waals surface area contributed by atoms with Gasteiger partial charge in [0.15, 0.2) is 0 Å². The lowest BCUT2D eigenvalue weighted by molar-refractivity contribution is 0.221. The standard InChI is InChI=1S/C18H25ClO/c1-2-3-4-5-6-10-13-17(19)18(20)15-14-16-11-8-7-9-12-16/h7-9,11-12,17-18,20H,2-6,10,13H2,1H3. The Labute approximate surface area is 128 Å². The van der Waals surface area contributed by atoms with Crippen LogP contribution in [0.15, 0.2) is 30.3 Å². The number of aliphatic hydroxyl groups excluding tert-OH is 1. The summed E-state index contributed by atoms with van der Waals surface area (Å²) < 4.78 is 0. The first-order chi connectivity index (χ1) is 9.74. The average molecular weight is 293 g/mol. The highest BCUT2D eigenvalue weighted by atomic mass is 35.5. The molecule has 0 bridgehead atoms. The fraction of sp³-hybridized carbons (Fsp3) is 0.556. The van der Waals surface area contributed by atoms with E-state index >= 15 is 0 Å². The largest absolute Gasteiger partial charge is 0.379 e. The number of aliphatic hydroxyl groups is 1. The van der Waals surface area contributed by atoms with E-state index in [1.807, 2.05) is 30.3 Å². The van der Waals surface area contributed by atoms with E-state index in [1.165, 1.54) is 32.1 Å². The molecule has 0 heterocycles. The molecule has 0 saturated carbocycles. The highest BCUT2D eigenvalue weighted by Gasteiger charge is 2.13. The number of hydrogen-bond donors (Lipinski definition) is 1. The van der Waals surface area contributed by atoms with E-state index in [-0.39, 0.29) is 5.38 Å². The Morgan fingerprint density at radius 1 is 1.05 bits per heavy atom. The van der Waals surface area contributed by atoms with Crippen molar-refractivity contribution in [1.82, 2.24) is 0 Å². The van der Waals surface area contributed by atoms with Crippen LogP contribution in [0.2, 0.25) is 0 Å². The summed E-state index contributed by atoms with van der Waals surface area (Å²) in [6, 6.07) is 9.67. The van der Waals surface area contributed by atoms with Gasteiger partial charge >= 0.3 is 0 Å². The fourth-order valence-corrected chi connectivity index (χ4v) is 2.26. The lowest BCUT2D eigenvalue weighted by Crippen LogP contribution is -2.18. The molecule has 1 rings (SSSR count). The van der Waals surface area contributed by atoms with Gasteiger partial charge in [-0.15, -0.1) is 11.6 Å². The van der Waals surface area contributed by atoms with Gasteiger partial charge in [0.25, 0.3) is 0 Å². The van der Waals surface area contributed by atoms with E-state index in [2.05, 4.69) is 18.8 Å². The van der Waals surface area contributed by atoms with Crippen molar-refractivity contribution in [2.75, 3.05) is 0 Å². The summed E-state index contributed by atoms with van der Waals surface area (Å²) in [5, 5.41) is 9.65. The first kappa shape index (κ1) is 17.1. The molecule has 110 valence electrons. The number of hydrogen-bond acceptors (Lipinski definition) is 1. The van der Waals surface area contributed by atoms with E-state index in [0.717, 1.165) is 18.4 Å². The zero-order valence-electron chi connectivity index (χ0n) is 12.3. The van der Waals surface area contributed by atoms with Gasteiger partial charge in [0, 0.05) is 5.56 Å². The molecular formula is C18H25ClO. The van der Waals surface area contributed by atoms with E-state index in [0.29, 0.717) is 0 Å². The molecule has 2 unspecified atom stereocenters. The van der Waals surface area contributed by atoms with Crippen LogP contribution < -0.4 is 0 Å². The quantitative estimate of drug-likeness (QED) is 0.416. The second-order valence-corrected chi connectivity index (χ2v) is 5.71. The minimum Gasteiger partial charge on any atom is -0.379 e. The van der Waals surface area contributed by atoms with Crippen LogP contribution in [0.3, 0.4) is 0 Å². The Balaban J connectivity index is 2.22. The Morgan fingerprint density at radius 3 is 2.40 bits per heavy atom. The third kappa shape index (κ3) is 7.58. The summed E-state index contributed by atoms with van der Waals surface area (Å²) in [5.74, 6) is 5.79. The van der Waals surface area contributed by atoms with E-state index in [1.54, 1.807) is 0 Å². The van der Waals surface area contributed by atoms with Crippen LogP contribution in [0.25, 0.3) is 0 Å². The maximum absolute atomic E-state index is 9.91. The summed E-state index contributed by atoms with van der Waals surface area (Å²) in [5.41, 5.74) is 0.912. The number of alkyl halides is 1. The third-order valence-electron chi connectivity index (χ3n) is 3.31. The van der Waals surface area contributed by atoms with E-state index in [4.69, 9.17) is 11.6 Å². The molecule has 2 heteroatoms. The topological polar surface area (TPSA) is 20.2 Å². The van der Waals surface area contributed by atoms with Crippen molar-refractivity contribution in [1.29, 1.82) is 0 Å². The first-order valence-corrected chi connectivity index (χ1v) is 8.06. The molecule has 0 aromatic heterocycles. The van der Waals surface area contributed by atoms with Crippen molar-refractivity contribution in [3.63, 3.8) is 0 Å². The minimum atomic E-state index is -0.743. The second kappa shape index (κ2) is 10.8. The normalized spacial score (nSPS) is 13.3. The van der Waals surface area contributed by atoms with Gasteiger partial charge in [-0.3, -0.25) is 0 Å². The number of halogens is 1. The molecule has 1 aromatic rings. The predicted molar refractivity (Wildman–Crippen MR) is 87.0 cm³/mol. The Bertz CT molecular complexity index is 404. The van der Waals surface area contributed by atoms with Gasteiger partial charge in [0.1, 0.15) is 6.10 Å². The fourth-order valence-electron chi connectivity index (χ4n) is 2.05. The molecule has 0 radical (unpaired) electrons. The zero-order chi connectivity index (χ0) is 14.6. The molecule has 0 aliphatic carbocycles. The Morgan fingerprint density at radius 2 is 1.70 bits per heavy atom. The van der Waals surface area contributed by atoms with Crippen molar-refractivity contribution in [2.24, 2.45) is 0 Å². The molecule has 20 heavy (non-hydrogen) atoms. The van der Waals surface area contributed by atoms with Crippen molar-refractivity contribution in [3.05, 3.63) is 35.9 Å². The smallest absolute Gasteiger partial charge is 0.131 e. The van der Waals surface area contributed by atoms with Gasteiger partial charge in [0.2, 0.25) is 0 Å². The molecule has 1 nitrogen and oxygen atoms in total. The molecule has 0 fully saturated rings. The van der Waals surface area contributed by atoms with Gasteiger partial charge < -0.3 is 5.11 Å². The lowest BCUT2D eigenvalue weighted by atomic mass is 10.1. The number of unbranched alkanes of at least 4 members (excludes halogenated alkanes) is 5. The predicted octanol–water partition coefficient (Wildman–Crippen LogP) is 4.76. The maximum atomic E-state index is 9.91. The molecule has 0 amide bonds. The Kier molecular flexibility index (Phi) is 9.20. The molecule has 1 N–H and O–H groups in total. The molecule has 0 aliphatic heterocycles. The average Bonchev–Trinajstić information content (AvgIpc) is 2.49. The number of rotatable bonds is 8. The summed E-state index contributed by atoms with van der Waals surface area (Å²) >= 11 is 6.19. The van der Waals surface area contributed by atoms with Gasteiger partial charge in [-0.2, -0.15) is 0 Å². The number of benzene rings is 1. The Hall–Kier alpha value is -0.970. The monoisotopic (exact) mass is 292 g/mol. The highest BCUT2D eigenvalue weighted by Crippen LogP contribution is 2.14. The molecule has 0 aliphatic rings. The summed E-state index contributed by atoms with van der Waals surface area (Å²) in [6.07, 6.45) is 7.51. The van der Waals surface area contributed by atoms with Crippen LogP contribution in [0.1, 0.15) is 57.4 Å². The van der Waals surface area contributed by atoms with Crippen LogP contribution in [-0.2, 0) is 0 Å². The van der Waals surface area contributed by atoms with Crippen LogP contribution in [0, 0.1) is 11.8 Å². The van der Waals surface area contributed by atoms with Crippen LogP contribution in [-0.4, -0.2) is 16.6 Å². The minimum absolute atomic E-state index is 0.266. The summed E-state index contributed by atoms with van der Waals surface area (Å²) in [4.78, 5) is 0. The maximum Gasteiger partial charge on any atom is 0.131 e. The van der Waals surface area contributed by atoms with Crippen LogP contribution in [0.4, 0.5) is 0 Å². The van der Waals surface area contributed by atoms with Crippen molar-refractivity contribution >= 4 is 11.6 Å².